The summed E-state index contributed by atoms with van der Waals surface area (Å²) in [7, 11) is 0. The summed E-state index contributed by atoms with van der Waals surface area (Å²) >= 11 is 17.9. The maximum absolute atomic E-state index is 12.4. The summed E-state index contributed by atoms with van der Waals surface area (Å²) in [5, 5.41) is 5.84. The van der Waals surface area contributed by atoms with E-state index in [0.717, 1.165) is 0 Å². The molecule has 23 heavy (non-hydrogen) atoms. The Morgan fingerprint density at radius 2 is 1.61 bits per heavy atom. The first-order chi connectivity index (χ1) is 10.9. The van der Waals surface area contributed by atoms with Gasteiger partial charge in [0.2, 0.25) is 0 Å². The van der Waals surface area contributed by atoms with Crippen molar-refractivity contribution in [2.45, 2.75) is 25.9 Å². The van der Waals surface area contributed by atoms with Crippen molar-refractivity contribution in [2.75, 3.05) is 5.32 Å². The average Bonchev–Trinajstić information content (AvgIpc) is 2.53. The van der Waals surface area contributed by atoms with E-state index in [9.17, 15) is 4.79 Å². The number of rotatable bonds is 5. The molecule has 122 valence electrons. The standard InChI is InChI=1S/C17H17Cl3N2O/c1-10(12-6-4-3-5-7-12)21-11(2)17(23)22-16-9-14(19)13(18)8-15(16)20/h3-11,21H,1-2H3,(H,22,23)/p+1/t10-,11+/m1/s1. The van der Waals surface area contributed by atoms with Crippen LogP contribution in [0, 0.1) is 0 Å². The van der Waals surface area contributed by atoms with Crippen LogP contribution in [0.4, 0.5) is 5.69 Å². The van der Waals surface area contributed by atoms with Gasteiger partial charge in [-0.3, -0.25) is 4.79 Å². The van der Waals surface area contributed by atoms with Gasteiger partial charge in [-0.1, -0.05) is 65.1 Å². The summed E-state index contributed by atoms with van der Waals surface area (Å²) in [5.74, 6) is -0.145. The Labute approximate surface area is 150 Å². The van der Waals surface area contributed by atoms with E-state index in [1.54, 1.807) is 6.07 Å². The van der Waals surface area contributed by atoms with E-state index in [4.69, 9.17) is 34.8 Å². The molecule has 3 nitrogen and oxygen atoms in total. The Morgan fingerprint density at radius 3 is 2.26 bits per heavy atom. The van der Waals surface area contributed by atoms with Gasteiger partial charge in [0.1, 0.15) is 6.04 Å². The molecule has 0 saturated carbocycles. The monoisotopic (exact) mass is 371 g/mol. The predicted octanol–water partition coefficient (Wildman–Crippen LogP) is 4.30. The van der Waals surface area contributed by atoms with Crippen LogP contribution in [-0.2, 0) is 4.79 Å². The van der Waals surface area contributed by atoms with Crippen LogP contribution in [0.25, 0.3) is 0 Å². The zero-order valence-corrected chi connectivity index (χ0v) is 15.1. The molecule has 2 aromatic rings. The summed E-state index contributed by atoms with van der Waals surface area (Å²) in [5.41, 5.74) is 1.62. The topological polar surface area (TPSA) is 45.7 Å². The van der Waals surface area contributed by atoms with Crippen LogP contribution >= 0.6 is 34.8 Å². The van der Waals surface area contributed by atoms with Crippen LogP contribution < -0.4 is 10.6 Å². The Bertz CT molecular complexity index is 692. The third-order valence-electron chi connectivity index (χ3n) is 3.58. The number of nitrogens with one attached hydrogen (secondary N) is 1. The molecule has 0 radical (unpaired) electrons. The molecular formula is C17H18Cl3N2O+. The molecule has 6 heteroatoms. The molecule has 1 amide bonds. The fourth-order valence-corrected chi connectivity index (χ4v) is 2.85. The fraction of sp³-hybridized carbons (Fsp3) is 0.235. The van der Waals surface area contributed by atoms with Crippen molar-refractivity contribution in [3.05, 3.63) is 63.1 Å². The molecule has 2 atom stereocenters. The first-order valence-electron chi connectivity index (χ1n) is 7.24. The van der Waals surface area contributed by atoms with Crippen molar-refractivity contribution < 1.29 is 10.1 Å². The Morgan fingerprint density at radius 1 is 1.00 bits per heavy atom. The lowest BCUT2D eigenvalue weighted by atomic mass is 10.1. The molecule has 0 aliphatic heterocycles. The van der Waals surface area contributed by atoms with Crippen LogP contribution in [0.1, 0.15) is 25.5 Å². The van der Waals surface area contributed by atoms with Crippen molar-refractivity contribution in [3.8, 4) is 0 Å². The summed E-state index contributed by atoms with van der Waals surface area (Å²) in [4.78, 5) is 12.4. The Kier molecular flexibility index (Phi) is 6.31. The quantitative estimate of drug-likeness (QED) is 0.755. The van der Waals surface area contributed by atoms with Crippen molar-refractivity contribution in [1.82, 2.24) is 0 Å². The van der Waals surface area contributed by atoms with E-state index < -0.39 is 0 Å². The Hall–Kier alpha value is -1.26. The van der Waals surface area contributed by atoms with Crippen molar-refractivity contribution in [3.63, 3.8) is 0 Å². The van der Waals surface area contributed by atoms with Gasteiger partial charge in [0, 0.05) is 5.56 Å². The smallest absolute Gasteiger partial charge is 0.282 e. The minimum absolute atomic E-state index is 0.145. The molecule has 0 bridgehead atoms. The van der Waals surface area contributed by atoms with Crippen LogP contribution in [0.3, 0.4) is 0 Å². The van der Waals surface area contributed by atoms with Crippen molar-refractivity contribution in [1.29, 1.82) is 0 Å². The number of carbonyl (C=O) groups is 1. The number of carbonyl (C=O) groups excluding carboxylic acids is 1. The van der Waals surface area contributed by atoms with Gasteiger partial charge in [-0.15, -0.1) is 0 Å². The van der Waals surface area contributed by atoms with Crippen molar-refractivity contribution in [2.24, 2.45) is 0 Å². The highest BCUT2D eigenvalue weighted by atomic mass is 35.5. The molecule has 0 spiro atoms. The average molecular weight is 373 g/mol. The van der Waals surface area contributed by atoms with Gasteiger partial charge >= 0.3 is 0 Å². The molecule has 0 unspecified atom stereocenters. The predicted molar refractivity (Wildman–Crippen MR) is 96.3 cm³/mol. The lowest BCUT2D eigenvalue weighted by Crippen LogP contribution is -2.91. The highest BCUT2D eigenvalue weighted by Crippen LogP contribution is 2.32. The summed E-state index contributed by atoms with van der Waals surface area (Å²) < 4.78 is 0. The van der Waals surface area contributed by atoms with E-state index >= 15 is 0 Å². The zero-order chi connectivity index (χ0) is 17.0. The molecular weight excluding hydrogens is 355 g/mol. The minimum Gasteiger partial charge on any atom is -0.330 e. The molecule has 0 aliphatic rings. The van der Waals surface area contributed by atoms with Gasteiger partial charge in [-0.05, 0) is 26.0 Å². The number of benzene rings is 2. The van der Waals surface area contributed by atoms with Gasteiger partial charge in [0.25, 0.3) is 5.91 Å². The highest BCUT2D eigenvalue weighted by molar-refractivity contribution is 6.44. The second-order valence-electron chi connectivity index (χ2n) is 5.42. The normalized spacial score (nSPS) is 13.4. The SMILES string of the molecule is C[C@H]([NH2+][C@H](C)c1ccccc1)C(=O)Nc1cc(Cl)c(Cl)cc1Cl. The second kappa shape index (κ2) is 8.02. The number of hydrogen-bond acceptors (Lipinski definition) is 1. The second-order valence-corrected chi connectivity index (χ2v) is 6.64. The van der Waals surface area contributed by atoms with Gasteiger partial charge in [-0.2, -0.15) is 0 Å². The lowest BCUT2D eigenvalue weighted by Gasteiger charge is -2.17. The number of nitrogens with two attached hydrogens (primary N) is 1. The molecule has 0 saturated heterocycles. The molecule has 2 rings (SSSR count). The fourth-order valence-electron chi connectivity index (χ4n) is 2.25. The molecule has 0 aromatic heterocycles. The first kappa shape index (κ1) is 18.1. The number of halogens is 3. The number of quaternary nitrogens is 1. The third-order valence-corrected chi connectivity index (χ3v) is 4.62. The number of hydrogen-bond donors (Lipinski definition) is 2. The van der Waals surface area contributed by atoms with Crippen LogP contribution in [-0.4, -0.2) is 11.9 Å². The van der Waals surface area contributed by atoms with E-state index in [0.29, 0.717) is 20.8 Å². The minimum atomic E-state index is -0.282. The summed E-state index contributed by atoms with van der Waals surface area (Å²) in [6.45, 7) is 3.91. The zero-order valence-electron chi connectivity index (χ0n) is 12.8. The summed E-state index contributed by atoms with van der Waals surface area (Å²) in [6, 6.07) is 13.0. The lowest BCUT2D eigenvalue weighted by molar-refractivity contribution is -0.709. The first-order valence-corrected chi connectivity index (χ1v) is 8.37. The van der Waals surface area contributed by atoms with E-state index in [1.165, 1.54) is 11.6 Å². The van der Waals surface area contributed by atoms with E-state index in [2.05, 4.69) is 12.2 Å². The van der Waals surface area contributed by atoms with E-state index in [-0.39, 0.29) is 18.0 Å². The molecule has 3 N–H and O–H groups in total. The van der Waals surface area contributed by atoms with Crippen LogP contribution in [0.15, 0.2) is 42.5 Å². The highest BCUT2D eigenvalue weighted by Gasteiger charge is 2.21. The van der Waals surface area contributed by atoms with Crippen LogP contribution in [0.2, 0.25) is 15.1 Å². The van der Waals surface area contributed by atoms with Gasteiger partial charge in [-0.25, -0.2) is 0 Å². The van der Waals surface area contributed by atoms with Gasteiger partial charge in [0.05, 0.1) is 20.8 Å². The molecule has 0 aliphatic carbocycles. The van der Waals surface area contributed by atoms with Gasteiger partial charge in [0.15, 0.2) is 6.04 Å². The van der Waals surface area contributed by atoms with E-state index in [1.807, 2.05) is 42.6 Å². The van der Waals surface area contributed by atoms with Crippen LogP contribution in [0.5, 0.6) is 0 Å². The van der Waals surface area contributed by atoms with Crippen molar-refractivity contribution >= 4 is 46.4 Å². The summed E-state index contributed by atoms with van der Waals surface area (Å²) in [6.07, 6.45) is 0. The van der Waals surface area contributed by atoms with Gasteiger partial charge < -0.3 is 10.6 Å². The molecule has 0 fully saturated rings. The number of amides is 1. The molecule has 0 heterocycles. The number of anilines is 1. The molecule has 2 aromatic carbocycles. The maximum atomic E-state index is 12.4. The largest absolute Gasteiger partial charge is 0.330 e. The Balaban J connectivity index is 2.02. The maximum Gasteiger partial charge on any atom is 0.282 e. The third kappa shape index (κ3) is 4.85.